The van der Waals surface area contributed by atoms with E-state index in [1.165, 1.54) is 19.3 Å². The minimum Gasteiger partial charge on any atom is -0.357 e. The monoisotopic (exact) mass is 310 g/mol. The van der Waals surface area contributed by atoms with Crippen LogP contribution in [0.1, 0.15) is 45.6 Å². The summed E-state index contributed by atoms with van der Waals surface area (Å²) in [6.45, 7) is 9.01. The number of nitrogens with zero attached hydrogens (tertiary/aromatic N) is 2. The van der Waals surface area contributed by atoms with Gasteiger partial charge in [0.15, 0.2) is 5.96 Å². The van der Waals surface area contributed by atoms with Crippen LogP contribution in [0.4, 0.5) is 0 Å². The van der Waals surface area contributed by atoms with Crippen molar-refractivity contribution in [1.82, 2.24) is 15.6 Å². The van der Waals surface area contributed by atoms with E-state index in [0.29, 0.717) is 11.7 Å². The molecule has 0 unspecified atom stereocenters. The maximum atomic E-state index is 5.77. The van der Waals surface area contributed by atoms with Gasteiger partial charge in [-0.15, -0.1) is 0 Å². The molecule has 4 nitrogen and oxygen atoms in total. The summed E-state index contributed by atoms with van der Waals surface area (Å²) in [4.78, 5) is 8.62. The highest BCUT2D eigenvalue weighted by atomic mass is 35.5. The Balaban J connectivity index is 2.37. The average Bonchev–Trinajstić information content (AvgIpc) is 2.45. The molecule has 0 bridgehead atoms. The van der Waals surface area contributed by atoms with Crippen LogP contribution in [0.5, 0.6) is 0 Å². The van der Waals surface area contributed by atoms with Crippen LogP contribution in [0.2, 0.25) is 5.15 Å². The molecule has 0 saturated carbocycles. The van der Waals surface area contributed by atoms with Gasteiger partial charge in [-0.25, -0.2) is 9.98 Å². The second kappa shape index (κ2) is 10.4. The third kappa shape index (κ3) is 8.56. The molecule has 0 fully saturated rings. The second-order valence-electron chi connectivity index (χ2n) is 5.50. The highest BCUT2D eigenvalue weighted by molar-refractivity contribution is 6.29. The topological polar surface area (TPSA) is 49.3 Å². The molecule has 0 saturated heterocycles. The zero-order valence-corrected chi connectivity index (χ0v) is 14.1. The molecule has 0 spiro atoms. The molecule has 0 aliphatic carbocycles. The summed E-state index contributed by atoms with van der Waals surface area (Å²) in [5.41, 5.74) is 1.05. The van der Waals surface area contributed by atoms with Crippen LogP contribution in [0.15, 0.2) is 23.3 Å². The molecule has 0 aliphatic rings. The predicted octanol–water partition coefficient (Wildman–Crippen LogP) is 3.62. The first-order valence-corrected chi connectivity index (χ1v) is 8.12. The molecule has 1 aromatic heterocycles. The number of aliphatic imine (C=N–C) groups is 1. The number of pyridine rings is 1. The number of aromatic nitrogens is 1. The standard InChI is InChI=1S/C16H27ClN4/c1-4-18-16(19-10-6-5-7-13(2)3)21-12-14-8-9-15(17)20-11-14/h8-9,11,13H,4-7,10,12H2,1-3H3,(H2,18,19,21). The summed E-state index contributed by atoms with van der Waals surface area (Å²) in [5.74, 6) is 1.64. The highest BCUT2D eigenvalue weighted by Gasteiger charge is 1.99. The Hall–Kier alpha value is -1.29. The fraction of sp³-hybridized carbons (Fsp3) is 0.625. The Kier molecular flexibility index (Phi) is 8.83. The van der Waals surface area contributed by atoms with Gasteiger partial charge >= 0.3 is 0 Å². The third-order valence-corrected chi connectivity index (χ3v) is 3.28. The molecule has 0 aromatic carbocycles. The summed E-state index contributed by atoms with van der Waals surface area (Å²) in [6.07, 6.45) is 5.47. The van der Waals surface area contributed by atoms with Gasteiger partial charge in [0.2, 0.25) is 0 Å². The number of hydrogen-bond acceptors (Lipinski definition) is 2. The highest BCUT2D eigenvalue weighted by Crippen LogP contribution is 2.06. The number of unbranched alkanes of at least 4 members (excludes halogenated alkanes) is 1. The predicted molar refractivity (Wildman–Crippen MR) is 90.8 cm³/mol. The van der Waals surface area contributed by atoms with Crippen LogP contribution in [0.3, 0.4) is 0 Å². The molecule has 0 atom stereocenters. The fourth-order valence-electron chi connectivity index (χ4n) is 1.90. The number of hydrogen-bond donors (Lipinski definition) is 2. The lowest BCUT2D eigenvalue weighted by Gasteiger charge is -2.11. The SMILES string of the molecule is CCNC(=NCc1ccc(Cl)nc1)NCCCCC(C)C. The molecule has 1 rings (SSSR count). The normalized spacial score (nSPS) is 11.8. The minimum atomic E-state index is 0.512. The lowest BCUT2D eigenvalue weighted by atomic mass is 10.1. The van der Waals surface area contributed by atoms with E-state index < -0.39 is 0 Å². The van der Waals surface area contributed by atoms with Gasteiger partial charge in [0.05, 0.1) is 6.54 Å². The third-order valence-electron chi connectivity index (χ3n) is 3.05. The van der Waals surface area contributed by atoms with E-state index in [-0.39, 0.29) is 0 Å². The number of nitrogens with one attached hydrogen (secondary N) is 2. The fourth-order valence-corrected chi connectivity index (χ4v) is 2.01. The van der Waals surface area contributed by atoms with E-state index >= 15 is 0 Å². The zero-order valence-electron chi connectivity index (χ0n) is 13.3. The Morgan fingerprint density at radius 3 is 2.71 bits per heavy atom. The summed E-state index contributed by atoms with van der Waals surface area (Å²) >= 11 is 5.77. The average molecular weight is 311 g/mol. The minimum absolute atomic E-state index is 0.512. The molecule has 1 heterocycles. The van der Waals surface area contributed by atoms with E-state index in [1.54, 1.807) is 12.3 Å². The summed E-state index contributed by atoms with van der Waals surface area (Å²) in [6, 6.07) is 3.74. The molecular weight excluding hydrogens is 284 g/mol. The van der Waals surface area contributed by atoms with Crippen molar-refractivity contribution in [3.63, 3.8) is 0 Å². The molecule has 1 aromatic rings. The molecule has 0 amide bonds. The Bertz CT molecular complexity index is 415. The molecule has 2 N–H and O–H groups in total. The van der Waals surface area contributed by atoms with Crippen molar-refractivity contribution in [3.05, 3.63) is 29.0 Å². The molecular formula is C16H27ClN4. The second-order valence-corrected chi connectivity index (χ2v) is 5.89. The van der Waals surface area contributed by atoms with Gasteiger partial charge in [-0.1, -0.05) is 44.4 Å². The van der Waals surface area contributed by atoms with Gasteiger partial charge in [0.25, 0.3) is 0 Å². The Morgan fingerprint density at radius 2 is 2.10 bits per heavy atom. The van der Waals surface area contributed by atoms with Crippen molar-refractivity contribution in [1.29, 1.82) is 0 Å². The molecule has 0 aliphatic heterocycles. The first-order valence-electron chi connectivity index (χ1n) is 7.74. The largest absolute Gasteiger partial charge is 0.357 e. The van der Waals surface area contributed by atoms with E-state index in [2.05, 4.69) is 41.4 Å². The van der Waals surface area contributed by atoms with Gasteiger partial charge in [-0.05, 0) is 30.9 Å². The van der Waals surface area contributed by atoms with Gasteiger partial charge < -0.3 is 10.6 Å². The van der Waals surface area contributed by atoms with Crippen molar-refractivity contribution in [3.8, 4) is 0 Å². The van der Waals surface area contributed by atoms with Crippen LogP contribution in [-0.4, -0.2) is 24.0 Å². The first-order chi connectivity index (χ1) is 10.1. The van der Waals surface area contributed by atoms with Gasteiger partial charge in [-0.2, -0.15) is 0 Å². The lowest BCUT2D eigenvalue weighted by molar-refractivity contribution is 0.534. The molecule has 5 heteroatoms. The van der Waals surface area contributed by atoms with Gasteiger partial charge in [0.1, 0.15) is 5.15 Å². The zero-order chi connectivity index (χ0) is 15.5. The van der Waals surface area contributed by atoms with Crippen molar-refractivity contribution in [2.45, 2.75) is 46.6 Å². The first kappa shape index (κ1) is 17.8. The van der Waals surface area contributed by atoms with Crippen LogP contribution in [-0.2, 0) is 6.54 Å². The quantitative estimate of drug-likeness (QED) is 0.334. The van der Waals surface area contributed by atoms with Gasteiger partial charge in [0, 0.05) is 19.3 Å². The molecule has 21 heavy (non-hydrogen) atoms. The van der Waals surface area contributed by atoms with E-state index in [0.717, 1.165) is 30.5 Å². The summed E-state index contributed by atoms with van der Waals surface area (Å²) in [7, 11) is 0. The van der Waals surface area contributed by atoms with E-state index in [1.807, 2.05) is 6.07 Å². The molecule has 0 radical (unpaired) electrons. The van der Waals surface area contributed by atoms with Crippen molar-refractivity contribution >= 4 is 17.6 Å². The Labute approximate surface area is 133 Å². The van der Waals surface area contributed by atoms with E-state index in [9.17, 15) is 0 Å². The van der Waals surface area contributed by atoms with Crippen LogP contribution < -0.4 is 10.6 Å². The van der Waals surface area contributed by atoms with Gasteiger partial charge in [-0.3, -0.25) is 0 Å². The maximum absolute atomic E-state index is 5.77. The van der Waals surface area contributed by atoms with Crippen LogP contribution in [0.25, 0.3) is 0 Å². The van der Waals surface area contributed by atoms with Crippen molar-refractivity contribution in [2.24, 2.45) is 10.9 Å². The Morgan fingerprint density at radius 1 is 1.29 bits per heavy atom. The van der Waals surface area contributed by atoms with Crippen molar-refractivity contribution in [2.75, 3.05) is 13.1 Å². The maximum Gasteiger partial charge on any atom is 0.191 e. The van der Waals surface area contributed by atoms with E-state index in [4.69, 9.17) is 11.6 Å². The lowest BCUT2D eigenvalue weighted by Crippen LogP contribution is -2.37. The summed E-state index contributed by atoms with van der Waals surface area (Å²) < 4.78 is 0. The van der Waals surface area contributed by atoms with Crippen LogP contribution >= 0.6 is 11.6 Å². The molecule has 118 valence electrons. The smallest absolute Gasteiger partial charge is 0.191 e. The summed E-state index contributed by atoms with van der Waals surface area (Å²) in [5, 5.41) is 7.14. The van der Waals surface area contributed by atoms with Crippen molar-refractivity contribution < 1.29 is 0 Å². The number of rotatable bonds is 8. The number of guanidine groups is 1. The number of halogens is 1. The van der Waals surface area contributed by atoms with Crippen LogP contribution in [0, 0.1) is 5.92 Å².